The van der Waals surface area contributed by atoms with Crippen LogP contribution in [0.5, 0.6) is 5.75 Å². The minimum Gasteiger partial charge on any atom is -0.508 e. The van der Waals surface area contributed by atoms with E-state index in [-0.39, 0.29) is 24.0 Å². The number of β-lactam (4-membered cyclic amide) rings is 1. The third-order valence-corrected chi connectivity index (χ3v) is 4.96. The highest BCUT2D eigenvalue weighted by atomic mass is 19.1. The number of phenolic OH excluding ortho intramolecular Hbond substituents is 1. The third-order valence-electron chi connectivity index (χ3n) is 4.96. The number of halogens is 1. The lowest BCUT2D eigenvalue weighted by Gasteiger charge is -2.47. The summed E-state index contributed by atoms with van der Waals surface area (Å²) in [6, 6.07) is 20.2. The van der Waals surface area contributed by atoms with Crippen molar-refractivity contribution < 1.29 is 19.1 Å². The molecule has 29 heavy (non-hydrogen) atoms. The van der Waals surface area contributed by atoms with Gasteiger partial charge in [-0.25, -0.2) is 4.39 Å². The Labute approximate surface area is 167 Å². The number of hydrogen-bond donors (Lipinski definition) is 2. The van der Waals surface area contributed by atoms with Crippen LogP contribution < -0.4 is 10.2 Å². The van der Waals surface area contributed by atoms with Crippen LogP contribution in [0, 0.1) is 5.82 Å². The molecular formula is C23H19FN2O3. The van der Waals surface area contributed by atoms with Crippen LogP contribution in [0.4, 0.5) is 10.1 Å². The summed E-state index contributed by atoms with van der Waals surface area (Å²) < 4.78 is 13.3. The van der Waals surface area contributed by atoms with Crippen LogP contribution in [0.25, 0.3) is 0 Å². The van der Waals surface area contributed by atoms with Gasteiger partial charge < -0.3 is 15.3 Å². The molecule has 3 aromatic carbocycles. The van der Waals surface area contributed by atoms with Gasteiger partial charge >= 0.3 is 0 Å². The Morgan fingerprint density at radius 2 is 1.62 bits per heavy atom. The molecular weight excluding hydrogens is 371 g/mol. The summed E-state index contributed by atoms with van der Waals surface area (Å²) in [4.78, 5) is 26.9. The van der Waals surface area contributed by atoms with Gasteiger partial charge in [0.25, 0.3) is 5.91 Å². The molecule has 2 amide bonds. The second-order valence-electron chi connectivity index (χ2n) is 6.93. The van der Waals surface area contributed by atoms with Gasteiger partial charge in [-0.1, -0.05) is 42.5 Å². The quantitative estimate of drug-likeness (QED) is 0.657. The molecule has 0 spiro atoms. The van der Waals surface area contributed by atoms with Crippen LogP contribution in [-0.4, -0.2) is 23.0 Å². The molecule has 2 atom stereocenters. The van der Waals surface area contributed by atoms with Crippen LogP contribution in [0.15, 0.2) is 78.9 Å². The molecule has 146 valence electrons. The topological polar surface area (TPSA) is 69.6 Å². The van der Waals surface area contributed by atoms with Crippen LogP contribution in [0.3, 0.4) is 0 Å². The van der Waals surface area contributed by atoms with E-state index in [9.17, 15) is 19.1 Å². The molecule has 1 aliphatic heterocycles. The summed E-state index contributed by atoms with van der Waals surface area (Å²) in [6.07, 6.45) is 0.170. The van der Waals surface area contributed by atoms with Crippen molar-refractivity contribution in [1.29, 1.82) is 0 Å². The first-order valence-corrected chi connectivity index (χ1v) is 9.24. The molecule has 1 heterocycles. The monoisotopic (exact) mass is 390 g/mol. The number of carbonyl (C=O) groups is 2. The summed E-state index contributed by atoms with van der Waals surface area (Å²) in [5, 5.41) is 12.4. The lowest BCUT2D eigenvalue weighted by atomic mass is 9.87. The van der Waals surface area contributed by atoms with Crippen LogP contribution >= 0.6 is 0 Å². The molecule has 6 heteroatoms. The van der Waals surface area contributed by atoms with Crippen LogP contribution in [0.2, 0.25) is 0 Å². The molecule has 0 aliphatic carbocycles. The van der Waals surface area contributed by atoms with E-state index in [0.29, 0.717) is 5.69 Å². The van der Waals surface area contributed by atoms with Crippen molar-refractivity contribution in [2.24, 2.45) is 0 Å². The zero-order valence-electron chi connectivity index (χ0n) is 15.5. The van der Waals surface area contributed by atoms with Gasteiger partial charge in [0.15, 0.2) is 0 Å². The summed E-state index contributed by atoms with van der Waals surface area (Å²) in [5.74, 6) is -0.804. The Morgan fingerprint density at radius 3 is 2.28 bits per heavy atom. The van der Waals surface area contributed by atoms with E-state index in [4.69, 9.17) is 0 Å². The highest BCUT2D eigenvalue weighted by Gasteiger charge is 2.49. The SMILES string of the molecule is O=C(Cc1ccccc1)N[C@H]1C(=O)N(c2ccc(F)cc2)[C@@H]1c1ccc(O)cc1. The summed E-state index contributed by atoms with van der Waals surface area (Å²) in [7, 11) is 0. The number of nitrogens with zero attached hydrogens (tertiary/aromatic N) is 1. The van der Waals surface area contributed by atoms with E-state index in [1.54, 1.807) is 12.1 Å². The first-order chi connectivity index (χ1) is 14.0. The molecule has 3 aromatic rings. The van der Waals surface area contributed by atoms with Gasteiger partial charge in [0.05, 0.1) is 12.5 Å². The maximum atomic E-state index is 13.3. The second kappa shape index (κ2) is 7.75. The van der Waals surface area contributed by atoms with E-state index >= 15 is 0 Å². The van der Waals surface area contributed by atoms with Gasteiger partial charge in [-0.2, -0.15) is 0 Å². The Bertz CT molecular complexity index is 1020. The second-order valence-corrected chi connectivity index (χ2v) is 6.93. The summed E-state index contributed by atoms with van der Waals surface area (Å²) in [6.45, 7) is 0. The number of nitrogens with one attached hydrogen (secondary N) is 1. The zero-order chi connectivity index (χ0) is 20.4. The van der Waals surface area contributed by atoms with Crippen molar-refractivity contribution in [1.82, 2.24) is 5.32 Å². The van der Waals surface area contributed by atoms with Crippen molar-refractivity contribution in [2.45, 2.75) is 18.5 Å². The van der Waals surface area contributed by atoms with E-state index < -0.39 is 17.9 Å². The maximum absolute atomic E-state index is 13.3. The van der Waals surface area contributed by atoms with Crippen molar-refractivity contribution in [3.8, 4) is 5.75 Å². The molecule has 0 bridgehead atoms. The fraction of sp³-hybridized carbons (Fsp3) is 0.130. The smallest absolute Gasteiger partial charge is 0.252 e. The Hall–Kier alpha value is -3.67. The Kier molecular flexibility index (Phi) is 4.99. The minimum atomic E-state index is -0.735. The third kappa shape index (κ3) is 3.82. The molecule has 1 aliphatic rings. The normalized spacial score (nSPS) is 18.2. The van der Waals surface area contributed by atoms with E-state index in [1.807, 2.05) is 30.3 Å². The number of hydrogen-bond acceptors (Lipinski definition) is 3. The van der Waals surface area contributed by atoms with Crippen LogP contribution in [-0.2, 0) is 16.0 Å². The lowest BCUT2D eigenvalue weighted by Crippen LogP contribution is -2.66. The van der Waals surface area contributed by atoms with E-state index in [1.165, 1.54) is 41.3 Å². The summed E-state index contributed by atoms with van der Waals surface area (Å²) in [5.41, 5.74) is 2.16. The van der Waals surface area contributed by atoms with Gasteiger partial charge in [-0.05, 0) is 47.5 Å². The predicted octanol–water partition coefficient (Wildman–Crippen LogP) is 3.35. The number of phenols is 1. The molecule has 4 rings (SSSR count). The van der Waals surface area contributed by atoms with Gasteiger partial charge in [-0.3, -0.25) is 9.59 Å². The Morgan fingerprint density at radius 1 is 0.966 bits per heavy atom. The number of anilines is 1. The minimum absolute atomic E-state index is 0.109. The standard InChI is InChI=1S/C23H19FN2O3/c24-17-8-10-18(11-9-17)26-22(16-6-12-19(27)13-7-16)21(23(26)29)25-20(28)14-15-4-2-1-3-5-15/h1-13,21-22,27H,14H2,(H,25,28)/t21-,22-/m1/s1. The maximum Gasteiger partial charge on any atom is 0.252 e. The van der Waals surface area contributed by atoms with Crippen LogP contribution in [0.1, 0.15) is 17.2 Å². The molecule has 0 unspecified atom stereocenters. The van der Waals surface area contributed by atoms with Gasteiger partial charge in [-0.15, -0.1) is 0 Å². The largest absolute Gasteiger partial charge is 0.508 e. The fourth-order valence-electron chi connectivity index (χ4n) is 3.54. The molecule has 1 fully saturated rings. The highest BCUT2D eigenvalue weighted by Crippen LogP contribution is 2.39. The Balaban J connectivity index is 1.58. The average Bonchev–Trinajstić information content (AvgIpc) is 2.73. The molecule has 0 radical (unpaired) electrons. The van der Waals surface area contributed by atoms with Crippen molar-refractivity contribution in [3.63, 3.8) is 0 Å². The molecule has 0 saturated carbocycles. The lowest BCUT2D eigenvalue weighted by molar-refractivity contribution is -0.132. The van der Waals surface area contributed by atoms with Gasteiger partial charge in [0.1, 0.15) is 17.6 Å². The number of benzene rings is 3. The fourth-order valence-corrected chi connectivity index (χ4v) is 3.54. The first-order valence-electron chi connectivity index (χ1n) is 9.24. The van der Waals surface area contributed by atoms with E-state index in [2.05, 4.69) is 5.32 Å². The van der Waals surface area contributed by atoms with Crippen molar-refractivity contribution >= 4 is 17.5 Å². The first kappa shape index (κ1) is 18.7. The number of aromatic hydroxyl groups is 1. The van der Waals surface area contributed by atoms with Crippen molar-refractivity contribution in [3.05, 3.63) is 95.8 Å². The average molecular weight is 390 g/mol. The molecule has 0 aromatic heterocycles. The van der Waals surface area contributed by atoms with Gasteiger partial charge in [0.2, 0.25) is 5.91 Å². The predicted molar refractivity (Wildman–Crippen MR) is 107 cm³/mol. The molecule has 5 nitrogen and oxygen atoms in total. The highest BCUT2D eigenvalue weighted by molar-refractivity contribution is 6.07. The molecule has 1 saturated heterocycles. The number of amides is 2. The molecule has 2 N–H and O–H groups in total. The number of carbonyl (C=O) groups excluding carboxylic acids is 2. The number of rotatable bonds is 5. The summed E-state index contributed by atoms with van der Waals surface area (Å²) >= 11 is 0. The van der Waals surface area contributed by atoms with Gasteiger partial charge in [0, 0.05) is 5.69 Å². The van der Waals surface area contributed by atoms with Crippen molar-refractivity contribution in [2.75, 3.05) is 4.90 Å². The van der Waals surface area contributed by atoms with E-state index in [0.717, 1.165) is 11.1 Å². The zero-order valence-corrected chi connectivity index (χ0v) is 15.5.